The zero-order valence-electron chi connectivity index (χ0n) is 10.2. The molecule has 1 aliphatic rings. The van der Waals surface area contributed by atoms with Crippen LogP contribution in [0.25, 0.3) is 0 Å². The lowest BCUT2D eigenvalue weighted by atomic mass is 9.85. The fraction of sp³-hybridized carbons (Fsp3) is 0.615. The third-order valence-electron chi connectivity index (χ3n) is 3.55. The highest BCUT2D eigenvalue weighted by Gasteiger charge is 2.20. The van der Waals surface area contributed by atoms with Crippen molar-refractivity contribution in [2.24, 2.45) is 5.92 Å². The third kappa shape index (κ3) is 2.29. The second-order valence-corrected chi connectivity index (χ2v) is 4.73. The van der Waals surface area contributed by atoms with Gasteiger partial charge in [0.15, 0.2) is 0 Å². The summed E-state index contributed by atoms with van der Waals surface area (Å²) in [5, 5.41) is 0. The molecule has 0 unspecified atom stereocenters. The molecule has 0 radical (unpaired) electrons. The molecular weight excluding hydrogens is 198 g/mol. The van der Waals surface area contributed by atoms with Crippen LogP contribution in [0.1, 0.15) is 31.7 Å². The molecule has 1 saturated carbocycles. The molecule has 16 heavy (non-hydrogen) atoms. The molecule has 3 heteroatoms. The van der Waals surface area contributed by atoms with Gasteiger partial charge < -0.3 is 10.6 Å². The number of aryl methyl sites for hydroxylation is 1. The predicted molar refractivity (Wildman–Crippen MR) is 68.6 cm³/mol. The van der Waals surface area contributed by atoms with Crippen LogP contribution in [0.3, 0.4) is 0 Å². The normalized spacial score (nSPS) is 15.9. The van der Waals surface area contributed by atoms with Crippen LogP contribution in [0.2, 0.25) is 0 Å². The second-order valence-electron chi connectivity index (χ2n) is 4.73. The molecule has 0 aliphatic heterocycles. The molecule has 0 atom stereocenters. The van der Waals surface area contributed by atoms with Crippen LogP contribution in [-0.4, -0.2) is 18.1 Å². The smallest absolute Gasteiger partial charge is 0.128 e. The Kier molecular flexibility index (Phi) is 3.32. The molecule has 0 bridgehead atoms. The largest absolute Gasteiger partial charge is 0.397 e. The Labute approximate surface area is 97.7 Å². The maximum Gasteiger partial charge on any atom is 0.128 e. The molecule has 0 spiro atoms. The number of hydrogen-bond donors (Lipinski definition) is 1. The molecule has 88 valence electrons. The van der Waals surface area contributed by atoms with Crippen molar-refractivity contribution < 1.29 is 0 Å². The fourth-order valence-corrected chi connectivity index (χ4v) is 2.10. The first kappa shape index (κ1) is 11.2. The van der Waals surface area contributed by atoms with Gasteiger partial charge in [-0.3, -0.25) is 0 Å². The summed E-state index contributed by atoms with van der Waals surface area (Å²) >= 11 is 0. The molecule has 1 aromatic heterocycles. The highest BCUT2D eigenvalue weighted by atomic mass is 15.2. The summed E-state index contributed by atoms with van der Waals surface area (Å²) in [5.74, 6) is 1.95. The number of pyridine rings is 1. The van der Waals surface area contributed by atoms with Crippen LogP contribution in [-0.2, 0) is 0 Å². The molecule has 0 amide bonds. The van der Waals surface area contributed by atoms with E-state index in [1.165, 1.54) is 19.3 Å². The maximum absolute atomic E-state index is 5.79. The van der Waals surface area contributed by atoms with Crippen molar-refractivity contribution in [3.05, 3.63) is 17.8 Å². The lowest BCUT2D eigenvalue weighted by Crippen LogP contribution is -2.33. The first-order valence-electron chi connectivity index (χ1n) is 6.17. The number of rotatable bonds is 4. The molecule has 2 N–H and O–H groups in total. The highest BCUT2D eigenvalue weighted by Crippen LogP contribution is 2.28. The molecule has 0 saturated heterocycles. The van der Waals surface area contributed by atoms with E-state index < -0.39 is 0 Å². The fourth-order valence-electron chi connectivity index (χ4n) is 2.10. The Morgan fingerprint density at radius 1 is 1.50 bits per heavy atom. The van der Waals surface area contributed by atoms with Gasteiger partial charge in [-0.1, -0.05) is 6.42 Å². The van der Waals surface area contributed by atoms with Gasteiger partial charge in [0.1, 0.15) is 5.82 Å². The summed E-state index contributed by atoms with van der Waals surface area (Å²) in [6.07, 6.45) is 5.93. The zero-order chi connectivity index (χ0) is 11.5. The second kappa shape index (κ2) is 4.73. The number of nitrogen functional groups attached to an aromatic ring is 1. The monoisotopic (exact) mass is 219 g/mol. The van der Waals surface area contributed by atoms with Gasteiger partial charge in [-0.25, -0.2) is 4.98 Å². The first-order chi connectivity index (χ1) is 7.70. The van der Waals surface area contributed by atoms with Crippen molar-refractivity contribution in [2.45, 2.75) is 33.1 Å². The molecular formula is C13H21N3. The Bertz CT molecular complexity index is 358. The van der Waals surface area contributed by atoms with Gasteiger partial charge in [0, 0.05) is 13.1 Å². The first-order valence-corrected chi connectivity index (χ1v) is 6.17. The average molecular weight is 219 g/mol. The Balaban J connectivity index is 2.09. The standard InChI is InChI=1S/C13H21N3/c1-3-16(9-11-5-4-6-11)13-7-10(2)12(14)8-15-13/h7-8,11H,3-6,9,14H2,1-2H3. The molecule has 2 rings (SSSR count). The number of nitrogens with zero attached hydrogens (tertiary/aromatic N) is 2. The zero-order valence-corrected chi connectivity index (χ0v) is 10.2. The summed E-state index contributed by atoms with van der Waals surface area (Å²) in [6.45, 7) is 6.39. The van der Waals surface area contributed by atoms with Crippen LogP contribution < -0.4 is 10.6 Å². The third-order valence-corrected chi connectivity index (χ3v) is 3.55. The molecule has 0 aromatic carbocycles. The summed E-state index contributed by atoms with van der Waals surface area (Å²) in [4.78, 5) is 6.78. The van der Waals surface area contributed by atoms with E-state index >= 15 is 0 Å². The lowest BCUT2D eigenvalue weighted by molar-refractivity contribution is 0.318. The van der Waals surface area contributed by atoms with E-state index in [2.05, 4.69) is 22.9 Å². The minimum absolute atomic E-state index is 0.781. The number of hydrogen-bond acceptors (Lipinski definition) is 3. The molecule has 3 nitrogen and oxygen atoms in total. The van der Waals surface area contributed by atoms with Crippen LogP contribution in [0.15, 0.2) is 12.3 Å². The Morgan fingerprint density at radius 2 is 2.25 bits per heavy atom. The van der Waals surface area contributed by atoms with Crippen LogP contribution >= 0.6 is 0 Å². The summed E-state index contributed by atoms with van der Waals surface area (Å²) in [7, 11) is 0. The Morgan fingerprint density at radius 3 is 2.75 bits per heavy atom. The molecule has 1 aromatic rings. The quantitative estimate of drug-likeness (QED) is 0.846. The van der Waals surface area contributed by atoms with Crippen molar-refractivity contribution in [1.29, 1.82) is 0 Å². The summed E-state index contributed by atoms with van der Waals surface area (Å²) < 4.78 is 0. The topological polar surface area (TPSA) is 42.1 Å². The minimum atomic E-state index is 0.781. The van der Waals surface area contributed by atoms with E-state index in [1.54, 1.807) is 6.20 Å². The van der Waals surface area contributed by atoms with Crippen molar-refractivity contribution in [3.8, 4) is 0 Å². The molecule has 1 heterocycles. The van der Waals surface area contributed by atoms with Crippen molar-refractivity contribution in [3.63, 3.8) is 0 Å². The van der Waals surface area contributed by atoms with E-state index in [0.717, 1.165) is 36.1 Å². The number of nitrogens with two attached hydrogens (primary N) is 1. The van der Waals surface area contributed by atoms with Crippen molar-refractivity contribution in [2.75, 3.05) is 23.7 Å². The van der Waals surface area contributed by atoms with Crippen LogP contribution in [0, 0.1) is 12.8 Å². The van der Waals surface area contributed by atoms with Gasteiger partial charge in [-0.2, -0.15) is 0 Å². The van der Waals surface area contributed by atoms with E-state index in [-0.39, 0.29) is 0 Å². The minimum Gasteiger partial charge on any atom is -0.397 e. The van der Waals surface area contributed by atoms with Crippen LogP contribution in [0.4, 0.5) is 11.5 Å². The van der Waals surface area contributed by atoms with Gasteiger partial charge in [0.25, 0.3) is 0 Å². The van der Waals surface area contributed by atoms with Gasteiger partial charge >= 0.3 is 0 Å². The van der Waals surface area contributed by atoms with Crippen molar-refractivity contribution >= 4 is 11.5 Å². The number of aromatic nitrogens is 1. The van der Waals surface area contributed by atoms with Crippen molar-refractivity contribution in [1.82, 2.24) is 4.98 Å². The predicted octanol–water partition coefficient (Wildman–Crippen LogP) is 2.60. The molecule has 1 aliphatic carbocycles. The SMILES string of the molecule is CCN(CC1CCC1)c1cc(C)c(N)cn1. The van der Waals surface area contributed by atoms with Gasteiger partial charge in [-0.15, -0.1) is 0 Å². The van der Waals surface area contributed by atoms with Gasteiger partial charge in [0.2, 0.25) is 0 Å². The lowest BCUT2D eigenvalue weighted by Gasteiger charge is -2.32. The van der Waals surface area contributed by atoms with E-state index in [4.69, 9.17) is 5.73 Å². The van der Waals surface area contributed by atoms with Crippen LogP contribution in [0.5, 0.6) is 0 Å². The van der Waals surface area contributed by atoms with E-state index in [1.807, 2.05) is 6.92 Å². The maximum atomic E-state index is 5.79. The van der Waals surface area contributed by atoms with E-state index in [0.29, 0.717) is 0 Å². The summed E-state index contributed by atoms with van der Waals surface area (Å²) in [6, 6.07) is 2.09. The Hall–Kier alpha value is -1.25. The number of anilines is 2. The average Bonchev–Trinajstić information content (AvgIpc) is 2.21. The highest BCUT2D eigenvalue weighted by molar-refractivity contribution is 5.52. The summed E-state index contributed by atoms with van der Waals surface area (Å²) in [5.41, 5.74) is 7.69. The van der Waals surface area contributed by atoms with Gasteiger partial charge in [-0.05, 0) is 44.2 Å². The van der Waals surface area contributed by atoms with E-state index in [9.17, 15) is 0 Å². The van der Waals surface area contributed by atoms with Gasteiger partial charge in [0.05, 0.1) is 11.9 Å². The molecule has 1 fully saturated rings.